The molecule has 8 heteroatoms. The van der Waals surface area contributed by atoms with Crippen LogP contribution in [0.2, 0.25) is 0 Å². The van der Waals surface area contributed by atoms with Gasteiger partial charge in [-0.1, -0.05) is 13.8 Å². The SMILES string of the molecule is CC(C)CNC(=O)CCCN(c1ccc2c(c1)OCO2)S(C)(=O)=O. The van der Waals surface area contributed by atoms with Gasteiger partial charge in [-0.25, -0.2) is 8.42 Å². The number of nitrogens with zero attached hydrogens (tertiary/aromatic N) is 1. The quantitative estimate of drug-likeness (QED) is 0.767. The highest BCUT2D eigenvalue weighted by Crippen LogP contribution is 2.36. The van der Waals surface area contributed by atoms with Crippen molar-refractivity contribution in [3.8, 4) is 11.5 Å². The van der Waals surface area contributed by atoms with Gasteiger partial charge in [-0.15, -0.1) is 0 Å². The van der Waals surface area contributed by atoms with Crippen molar-refractivity contribution in [2.75, 3.05) is 30.4 Å². The first-order valence-corrected chi connectivity index (χ1v) is 9.76. The van der Waals surface area contributed by atoms with Gasteiger partial charge in [-0.2, -0.15) is 0 Å². The van der Waals surface area contributed by atoms with Gasteiger partial charge in [0, 0.05) is 25.6 Å². The van der Waals surface area contributed by atoms with E-state index in [0.717, 1.165) is 6.26 Å². The Labute approximate surface area is 143 Å². The summed E-state index contributed by atoms with van der Waals surface area (Å²) in [7, 11) is -3.45. The fraction of sp³-hybridized carbons (Fsp3) is 0.562. The Morgan fingerprint density at radius 2 is 2.00 bits per heavy atom. The lowest BCUT2D eigenvalue weighted by Gasteiger charge is -2.22. The zero-order valence-corrected chi connectivity index (χ0v) is 15.1. The molecule has 1 aliphatic heterocycles. The predicted octanol–water partition coefficient (Wildman–Crippen LogP) is 1.73. The normalized spacial score (nSPS) is 13.2. The number of nitrogens with one attached hydrogen (secondary N) is 1. The van der Waals surface area contributed by atoms with Crippen molar-refractivity contribution in [3.63, 3.8) is 0 Å². The minimum Gasteiger partial charge on any atom is -0.454 e. The Hall–Kier alpha value is -1.96. The van der Waals surface area contributed by atoms with Gasteiger partial charge in [0.1, 0.15) is 0 Å². The van der Waals surface area contributed by atoms with E-state index in [4.69, 9.17) is 9.47 Å². The number of fused-ring (bicyclic) bond motifs is 1. The van der Waals surface area contributed by atoms with Crippen LogP contribution in [0.4, 0.5) is 5.69 Å². The van der Waals surface area contributed by atoms with Crippen molar-refractivity contribution in [2.24, 2.45) is 5.92 Å². The van der Waals surface area contributed by atoms with E-state index in [2.05, 4.69) is 5.32 Å². The Kier molecular flexibility index (Phi) is 5.93. The molecule has 24 heavy (non-hydrogen) atoms. The van der Waals surface area contributed by atoms with Gasteiger partial charge in [0.2, 0.25) is 22.7 Å². The Morgan fingerprint density at radius 3 is 2.67 bits per heavy atom. The van der Waals surface area contributed by atoms with Crippen LogP contribution < -0.4 is 19.1 Å². The summed E-state index contributed by atoms with van der Waals surface area (Å²) in [5.74, 6) is 1.44. The van der Waals surface area contributed by atoms with Crippen molar-refractivity contribution < 1.29 is 22.7 Å². The second kappa shape index (κ2) is 7.74. The van der Waals surface area contributed by atoms with E-state index in [1.165, 1.54) is 4.31 Å². The van der Waals surface area contributed by atoms with E-state index in [-0.39, 0.29) is 25.7 Å². The Bertz CT molecular complexity index is 688. The molecule has 0 spiro atoms. The molecule has 0 bridgehead atoms. The molecule has 0 radical (unpaired) electrons. The molecule has 7 nitrogen and oxygen atoms in total. The highest BCUT2D eigenvalue weighted by Gasteiger charge is 2.21. The van der Waals surface area contributed by atoms with E-state index in [1.54, 1.807) is 18.2 Å². The lowest BCUT2D eigenvalue weighted by Crippen LogP contribution is -2.32. The van der Waals surface area contributed by atoms with Gasteiger partial charge in [-0.05, 0) is 24.5 Å². The fourth-order valence-corrected chi connectivity index (χ4v) is 3.27. The molecule has 0 unspecified atom stereocenters. The van der Waals surface area contributed by atoms with Crippen LogP contribution in [0.1, 0.15) is 26.7 Å². The molecule has 1 aromatic carbocycles. The van der Waals surface area contributed by atoms with Crippen molar-refractivity contribution in [1.82, 2.24) is 5.32 Å². The molecular formula is C16H24N2O5S. The fourth-order valence-electron chi connectivity index (χ4n) is 2.32. The number of ether oxygens (including phenoxy) is 2. The molecule has 0 atom stereocenters. The lowest BCUT2D eigenvalue weighted by molar-refractivity contribution is -0.121. The van der Waals surface area contributed by atoms with Gasteiger partial charge in [-0.3, -0.25) is 9.10 Å². The average molecular weight is 356 g/mol. The molecule has 1 aromatic rings. The second-order valence-electron chi connectivity index (χ2n) is 6.17. The van der Waals surface area contributed by atoms with E-state index < -0.39 is 10.0 Å². The average Bonchev–Trinajstić information content (AvgIpc) is 2.95. The molecule has 0 aromatic heterocycles. The zero-order chi connectivity index (χ0) is 17.7. The molecule has 1 N–H and O–H groups in total. The lowest BCUT2D eigenvalue weighted by atomic mass is 10.2. The van der Waals surface area contributed by atoms with Gasteiger partial charge < -0.3 is 14.8 Å². The summed E-state index contributed by atoms with van der Waals surface area (Å²) >= 11 is 0. The number of carbonyl (C=O) groups is 1. The third-order valence-corrected chi connectivity index (χ3v) is 4.71. The summed E-state index contributed by atoms with van der Waals surface area (Å²) < 4.78 is 36.0. The standard InChI is InChI=1S/C16H24N2O5S/c1-12(2)10-17-16(19)5-4-8-18(24(3,20)21)13-6-7-14-15(9-13)23-11-22-14/h6-7,9,12H,4-5,8,10-11H2,1-3H3,(H,17,19). The number of amides is 1. The number of rotatable bonds is 8. The third-order valence-electron chi connectivity index (χ3n) is 3.52. The largest absolute Gasteiger partial charge is 0.454 e. The summed E-state index contributed by atoms with van der Waals surface area (Å²) in [5.41, 5.74) is 0.504. The summed E-state index contributed by atoms with van der Waals surface area (Å²) in [4.78, 5) is 11.8. The number of carbonyl (C=O) groups excluding carboxylic acids is 1. The maximum atomic E-state index is 12.1. The second-order valence-corrected chi connectivity index (χ2v) is 8.08. The summed E-state index contributed by atoms with van der Waals surface area (Å²) in [6.07, 6.45) is 1.87. The van der Waals surface area contributed by atoms with Gasteiger partial charge >= 0.3 is 0 Å². The minimum absolute atomic E-state index is 0.0668. The van der Waals surface area contributed by atoms with Crippen molar-refractivity contribution in [3.05, 3.63) is 18.2 Å². The number of anilines is 1. The topological polar surface area (TPSA) is 84.9 Å². The van der Waals surface area contributed by atoms with Gasteiger partial charge in [0.05, 0.1) is 11.9 Å². The summed E-state index contributed by atoms with van der Waals surface area (Å²) in [6.45, 7) is 5.02. The number of benzene rings is 1. The monoisotopic (exact) mass is 356 g/mol. The van der Waals surface area contributed by atoms with Crippen LogP contribution in [0, 0.1) is 5.92 Å². The first-order chi connectivity index (χ1) is 11.3. The number of hydrogen-bond acceptors (Lipinski definition) is 5. The molecule has 0 saturated heterocycles. The van der Waals surface area contributed by atoms with Crippen molar-refractivity contribution in [2.45, 2.75) is 26.7 Å². The van der Waals surface area contributed by atoms with Gasteiger partial charge in [0.15, 0.2) is 11.5 Å². The van der Waals surface area contributed by atoms with Crippen molar-refractivity contribution >= 4 is 21.6 Å². The molecule has 134 valence electrons. The first kappa shape index (κ1) is 18.4. The Balaban J connectivity index is 1.99. The van der Waals surface area contributed by atoms with Crippen LogP contribution in [0.3, 0.4) is 0 Å². The van der Waals surface area contributed by atoms with E-state index >= 15 is 0 Å². The molecule has 1 heterocycles. The Morgan fingerprint density at radius 1 is 1.29 bits per heavy atom. The van der Waals surface area contributed by atoms with Gasteiger partial charge in [0.25, 0.3) is 0 Å². The van der Waals surface area contributed by atoms with Crippen LogP contribution in [-0.2, 0) is 14.8 Å². The smallest absolute Gasteiger partial charge is 0.232 e. The first-order valence-electron chi connectivity index (χ1n) is 7.91. The van der Waals surface area contributed by atoms with Crippen LogP contribution in [0.15, 0.2) is 18.2 Å². The molecule has 2 rings (SSSR count). The predicted molar refractivity (Wildman–Crippen MR) is 91.8 cm³/mol. The number of sulfonamides is 1. The number of hydrogen-bond donors (Lipinski definition) is 1. The minimum atomic E-state index is -3.45. The third kappa shape index (κ3) is 5.02. The maximum Gasteiger partial charge on any atom is 0.232 e. The maximum absolute atomic E-state index is 12.1. The van der Waals surface area contributed by atoms with Crippen molar-refractivity contribution in [1.29, 1.82) is 0 Å². The van der Waals surface area contributed by atoms with Crippen LogP contribution >= 0.6 is 0 Å². The van der Waals surface area contributed by atoms with Crippen LogP contribution in [-0.4, -0.2) is 40.5 Å². The zero-order valence-electron chi connectivity index (χ0n) is 14.2. The van der Waals surface area contributed by atoms with E-state index in [0.29, 0.717) is 36.1 Å². The summed E-state index contributed by atoms with van der Waals surface area (Å²) in [5, 5.41) is 2.82. The van der Waals surface area contributed by atoms with Crippen LogP contribution in [0.5, 0.6) is 11.5 Å². The highest BCUT2D eigenvalue weighted by molar-refractivity contribution is 7.92. The molecule has 0 aliphatic carbocycles. The van der Waals surface area contributed by atoms with E-state index in [9.17, 15) is 13.2 Å². The van der Waals surface area contributed by atoms with Crippen LogP contribution in [0.25, 0.3) is 0 Å². The highest BCUT2D eigenvalue weighted by atomic mass is 32.2. The molecular weight excluding hydrogens is 332 g/mol. The van der Waals surface area contributed by atoms with E-state index in [1.807, 2.05) is 13.8 Å². The molecule has 1 aliphatic rings. The summed E-state index contributed by atoms with van der Waals surface area (Å²) in [6, 6.07) is 5.00. The molecule has 0 saturated carbocycles. The molecule has 1 amide bonds. The molecule has 0 fully saturated rings.